The van der Waals surface area contributed by atoms with Crippen LogP contribution in [0.15, 0.2) is 47.4 Å². The van der Waals surface area contributed by atoms with Crippen LogP contribution < -0.4 is 9.46 Å². The zero-order chi connectivity index (χ0) is 19.4. The van der Waals surface area contributed by atoms with Gasteiger partial charge in [-0.05, 0) is 72.7 Å². The van der Waals surface area contributed by atoms with Crippen LogP contribution in [0.5, 0.6) is 5.75 Å². The molecule has 0 aliphatic heterocycles. The number of rotatable bonds is 7. The second kappa shape index (κ2) is 8.29. The number of aliphatic carboxylic acids is 1. The highest BCUT2D eigenvalue weighted by atomic mass is 35.5. The SMILES string of the molecule is O=C(O)COc1ccc2c(c1)CCCC2CNS(=O)(=O)c1ccc(Cl)cc1. The summed E-state index contributed by atoms with van der Waals surface area (Å²) >= 11 is 5.81. The normalized spacial score (nSPS) is 16.6. The Morgan fingerprint density at radius 3 is 2.67 bits per heavy atom. The molecule has 1 aliphatic rings. The van der Waals surface area contributed by atoms with Crippen molar-refractivity contribution in [3.8, 4) is 5.75 Å². The molecule has 0 aromatic heterocycles. The quantitative estimate of drug-likeness (QED) is 0.732. The van der Waals surface area contributed by atoms with Gasteiger partial charge in [0.25, 0.3) is 0 Å². The van der Waals surface area contributed by atoms with E-state index in [1.807, 2.05) is 12.1 Å². The maximum Gasteiger partial charge on any atom is 0.341 e. The Labute approximate surface area is 163 Å². The molecule has 144 valence electrons. The highest BCUT2D eigenvalue weighted by Crippen LogP contribution is 2.33. The second-order valence-electron chi connectivity index (χ2n) is 6.44. The molecule has 1 aliphatic carbocycles. The molecule has 2 aromatic rings. The first-order valence-electron chi connectivity index (χ1n) is 8.58. The molecular weight excluding hydrogens is 390 g/mol. The molecule has 2 aromatic carbocycles. The molecule has 0 heterocycles. The Balaban J connectivity index is 1.70. The van der Waals surface area contributed by atoms with Gasteiger partial charge in [-0.1, -0.05) is 17.7 Å². The molecule has 1 unspecified atom stereocenters. The lowest BCUT2D eigenvalue weighted by Gasteiger charge is -2.26. The fourth-order valence-corrected chi connectivity index (χ4v) is 4.45. The van der Waals surface area contributed by atoms with E-state index in [2.05, 4.69) is 4.72 Å². The van der Waals surface area contributed by atoms with Crippen molar-refractivity contribution < 1.29 is 23.1 Å². The van der Waals surface area contributed by atoms with Gasteiger partial charge in [0.15, 0.2) is 6.61 Å². The highest BCUT2D eigenvalue weighted by Gasteiger charge is 2.23. The molecular formula is C19H20ClNO5S. The number of halogens is 1. The largest absolute Gasteiger partial charge is 0.482 e. The average molecular weight is 410 g/mol. The first-order valence-corrected chi connectivity index (χ1v) is 10.4. The van der Waals surface area contributed by atoms with E-state index in [0.717, 1.165) is 30.4 Å². The second-order valence-corrected chi connectivity index (χ2v) is 8.64. The van der Waals surface area contributed by atoms with Gasteiger partial charge >= 0.3 is 5.97 Å². The van der Waals surface area contributed by atoms with E-state index in [-0.39, 0.29) is 17.4 Å². The summed E-state index contributed by atoms with van der Waals surface area (Å²) in [4.78, 5) is 10.8. The number of sulfonamides is 1. The highest BCUT2D eigenvalue weighted by molar-refractivity contribution is 7.89. The Kier molecular flexibility index (Phi) is 6.04. The van der Waals surface area contributed by atoms with Crippen LogP contribution in [0.25, 0.3) is 0 Å². The van der Waals surface area contributed by atoms with Crippen LogP contribution in [0.4, 0.5) is 0 Å². The molecule has 0 saturated heterocycles. The minimum absolute atomic E-state index is 0.0596. The number of carboxylic acid groups (broad SMARTS) is 1. The van der Waals surface area contributed by atoms with Crippen LogP contribution >= 0.6 is 11.6 Å². The van der Waals surface area contributed by atoms with Gasteiger partial charge in [0.05, 0.1) is 4.90 Å². The van der Waals surface area contributed by atoms with Crippen LogP contribution in [0.2, 0.25) is 5.02 Å². The van der Waals surface area contributed by atoms with Crippen molar-refractivity contribution in [3.63, 3.8) is 0 Å². The van der Waals surface area contributed by atoms with Crippen molar-refractivity contribution >= 4 is 27.6 Å². The third-order valence-electron chi connectivity index (χ3n) is 4.56. The number of fused-ring (bicyclic) bond motifs is 1. The number of carbonyl (C=O) groups is 1. The summed E-state index contributed by atoms with van der Waals surface area (Å²) in [6.07, 6.45) is 2.67. The number of benzene rings is 2. The van der Waals surface area contributed by atoms with Crippen molar-refractivity contribution in [2.75, 3.05) is 13.2 Å². The zero-order valence-electron chi connectivity index (χ0n) is 14.5. The number of hydrogen-bond acceptors (Lipinski definition) is 4. The number of ether oxygens (including phenoxy) is 1. The summed E-state index contributed by atoms with van der Waals surface area (Å²) in [7, 11) is -3.60. The number of carboxylic acids is 1. The predicted molar refractivity (Wildman–Crippen MR) is 102 cm³/mol. The zero-order valence-corrected chi connectivity index (χ0v) is 16.1. The smallest absolute Gasteiger partial charge is 0.341 e. The molecule has 8 heteroatoms. The Morgan fingerprint density at radius 2 is 1.96 bits per heavy atom. The minimum atomic E-state index is -3.60. The van der Waals surface area contributed by atoms with E-state index in [0.29, 0.717) is 17.3 Å². The van der Waals surface area contributed by atoms with E-state index in [9.17, 15) is 13.2 Å². The molecule has 0 fully saturated rings. The van der Waals surface area contributed by atoms with Gasteiger partial charge in [-0.3, -0.25) is 0 Å². The first kappa shape index (κ1) is 19.7. The van der Waals surface area contributed by atoms with E-state index < -0.39 is 16.0 Å². The molecule has 0 amide bonds. The maximum atomic E-state index is 12.5. The van der Waals surface area contributed by atoms with Crippen LogP contribution in [0.3, 0.4) is 0 Å². The van der Waals surface area contributed by atoms with Crippen molar-refractivity contribution in [2.45, 2.75) is 30.1 Å². The number of aryl methyl sites for hydroxylation is 1. The van der Waals surface area contributed by atoms with Gasteiger partial charge in [-0.25, -0.2) is 17.9 Å². The Hall–Kier alpha value is -2.09. The Morgan fingerprint density at radius 1 is 1.22 bits per heavy atom. The summed E-state index contributed by atoms with van der Waals surface area (Å²) in [5.41, 5.74) is 2.14. The van der Waals surface area contributed by atoms with Gasteiger partial charge < -0.3 is 9.84 Å². The molecule has 0 saturated carbocycles. The third kappa shape index (κ3) is 5.00. The van der Waals surface area contributed by atoms with Crippen molar-refractivity contribution in [1.29, 1.82) is 0 Å². The van der Waals surface area contributed by atoms with Crippen LogP contribution in [0, 0.1) is 0 Å². The standard InChI is InChI=1S/C19H20ClNO5S/c20-15-4-7-17(8-5-15)27(24,25)21-11-14-3-1-2-13-10-16(6-9-18(13)14)26-12-19(22)23/h4-10,14,21H,1-3,11-12H2,(H,22,23). The molecule has 0 radical (unpaired) electrons. The molecule has 2 N–H and O–H groups in total. The van der Waals surface area contributed by atoms with E-state index in [1.54, 1.807) is 18.2 Å². The topological polar surface area (TPSA) is 92.7 Å². The summed E-state index contributed by atoms with van der Waals surface area (Å²) in [5, 5.41) is 9.20. The van der Waals surface area contributed by atoms with Crippen molar-refractivity contribution in [3.05, 3.63) is 58.6 Å². The molecule has 0 spiro atoms. The fourth-order valence-electron chi connectivity index (χ4n) is 3.25. The van der Waals surface area contributed by atoms with Crippen LogP contribution in [0.1, 0.15) is 29.9 Å². The fraction of sp³-hybridized carbons (Fsp3) is 0.316. The van der Waals surface area contributed by atoms with Crippen LogP contribution in [-0.4, -0.2) is 32.6 Å². The summed E-state index contributed by atoms with van der Waals surface area (Å²) in [6, 6.07) is 11.5. The average Bonchev–Trinajstić information content (AvgIpc) is 2.64. The molecule has 6 nitrogen and oxygen atoms in total. The number of hydrogen-bond donors (Lipinski definition) is 2. The lowest BCUT2D eigenvalue weighted by atomic mass is 9.83. The predicted octanol–water partition coefficient (Wildman–Crippen LogP) is 3.20. The summed E-state index contributed by atoms with van der Waals surface area (Å²) in [6.45, 7) is -0.0869. The minimum Gasteiger partial charge on any atom is -0.482 e. The van der Waals surface area contributed by atoms with Gasteiger partial charge in [-0.15, -0.1) is 0 Å². The molecule has 1 atom stereocenters. The summed E-state index contributed by atoms with van der Waals surface area (Å²) < 4.78 is 32.9. The van der Waals surface area contributed by atoms with Crippen LogP contribution in [-0.2, 0) is 21.2 Å². The maximum absolute atomic E-state index is 12.5. The van der Waals surface area contributed by atoms with Crippen molar-refractivity contribution in [1.82, 2.24) is 4.72 Å². The van der Waals surface area contributed by atoms with Crippen molar-refractivity contribution in [2.24, 2.45) is 0 Å². The first-order chi connectivity index (χ1) is 12.8. The van der Waals surface area contributed by atoms with Gasteiger partial charge in [0, 0.05) is 11.6 Å². The molecule has 27 heavy (non-hydrogen) atoms. The summed E-state index contributed by atoms with van der Waals surface area (Å²) in [5.74, 6) is -0.454. The lowest BCUT2D eigenvalue weighted by molar-refractivity contribution is -0.139. The van der Waals surface area contributed by atoms with Gasteiger partial charge in [-0.2, -0.15) is 0 Å². The van der Waals surface area contributed by atoms with E-state index in [1.165, 1.54) is 12.1 Å². The monoisotopic (exact) mass is 409 g/mol. The number of nitrogens with one attached hydrogen (secondary N) is 1. The third-order valence-corrected chi connectivity index (χ3v) is 6.25. The van der Waals surface area contributed by atoms with Gasteiger partial charge in [0.1, 0.15) is 5.75 Å². The Bertz CT molecular complexity index is 928. The van der Waals surface area contributed by atoms with E-state index >= 15 is 0 Å². The lowest BCUT2D eigenvalue weighted by Crippen LogP contribution is -2.30. The molecule has 3 rings (SSSR count). The molecule has 0 bridgehead atoms. The van der Waals surface area contributed by atoms with Gasteiger partial charge in [0.2, 0.25) is 10.0 Å². The van der Waals surface area contributed by atoms with E-state index in [4.69, 9.17) is 21.4 Å².